The molecule has 0 saturated carbocycles. The molecule has 28 nitrogen and oxygen atoms in total. The lowest BCUT2D eigenvalue weighted by Gasteiger charge is -2.19. The fourth-order valence-corrected chi connectivity index (χ4v) is 11.2. The van der Waals surface area contributed by atoms with Crippen LogP contribution in [0.2, 0.25) is 0 Å². The second-order valence-electron chi connectivity index (χ2n) is 16.5. The number of hydrogen-bond donors (Lipinski definition) is 9. The van der Waals surface area contributed by atoms with E-state index in [9.17, 15) is 63.0 Å². The normalized spacial score (nSPS) is 16.5. The Labute approximate surface area is 425 Å². The van der Waals surface area contributed by atoms with Crippen LogP contribution in [-0.2, 0) is 42.9 Å². The average molecular weight is 1110 g/mol. The summed E-state index contributed by atoms with van der Waals surface area (Å²) in [5, 5.41) is 38.3. The van der Waals surface area contributed by atoms with E-state index in [1.54, 1.807) is 4.57 Å². The summed E-state index contributed by atoms with van der Waals surface area (Å²) in [7, 11) is -16.7. The van der Waals surface area contributed by atoms with Crippen molar-refractivity contribution in [3.8, 4) is 40.0 Å². The number of carbonyl (C=O) groups is 3. The van der Waals surface area contributed by atoms with E-state index in [2.05, 4.69) is 41.1 Å². The zero-order valence-electron chi connectivity index (χ0n) is 38.9. The molecule has 5 aromatic rings. The largest absolute Gasteiger partial charge is 0.508 e. The Hall–Kier alpha value is -7.89. The van der Waals surface area contributed by atoms with Gasteiger partial charge in [-0.25, -0.2) is 33.3 Å². The zero-order chi connectivity index (χ0) is 54.9. The maximum Gasteiger partial charge on any atom is 0.490 e. The first-order chi connectivity index (χ1) is 35.8. The number of amides is 2. The number of carboxylic acid groups (broad SMARTS) is 1. The average Bonchev–Trinajstić information content (AvgIpc) is 3.98. The van der Waals surface area contributed by atoms with Crippen molar-refractivity contribution in [2.75, 3.05) is 18.9 Å². The Kier molecular flexibility index (Phi) is 15.6. The summed E-state index contributed by atoms with van der Waals surface area (Å²) in [5.41, 5.74) is 7.01. The van der Waals surface area contributed by atoms with Crippen LogP contribution in [0.1, 0.15) is 69.5 Å². The molecule has 1 aliphatic carbocycles. The Morgan fingerprint density at radius 2 is 1.74 bits per heavy atom. The Bertz CT molecular complexity index is 3740. The second-order valence-corrected chi connectivity index (χ2v) is 20.9. The molecule has 3 aliphatic rings. The Balaban J connectivity index is 0.914. The maximum atomic E-state index is 13.7. The fourth-order valence-electron chi connectivity index (χ4n) is 8.16. The number of aromatic nitrogens is 3. The number of alkyl carbamates (subject to hydrolysis) is 1. The van der Waals surface area contributed by atoms with Crippen molar-refractivity contribution >= 4 is 74.9 Å². The minimum Gasteiger partial charge on any atom is -0.508 e. The van der Waals surface area contributed by atoms with Gasteiger partial charge in [-0.1, -0.05) is 17.9 Å². The van der Waals surface area contributed by atoms with Crippen molar-refractivity contribution < 1.29 is 89.8 Å². The summed E-state index contributed by atoms with van der Waals surface area (Å²) in [6, 6.07) is 16.0. The van der Waals surface area contributed by atoms with Crippen molar-refractivity contribution in [1.82, 2.24) is 25.2 Å². The fraction of sp³-hybridized carbons (Fsp3) is 0.200. The lowest BCUT2D eigenvalue weighted by molar-refractivity contribution is -0.386. The third-order valence-corrected chi connectivity index (χ3v) is 15.1. The van der Waals surface area contributed by atoms with Gasteiger partial charge in [0.05, 0.1) is 46.3 Å². The number of phenolic OH excluding ortho intramolecular Hbond substituents is 1. The van der Waals surface area contributed by atoms with E-state index in [4.69, 9.17) is 33.9 Å². The molecule has 2 amide bonds. The molecule has 31 heteroatoms. The van der Waals surface area contributed by atoms with Crippen LogP contribution in [0.4, 0.5) is 16.3 Å². The van der Waals surface area contributed by atoms with E-state index >= 15 is 0 Å². The third kappa shape index (κ3) is 12.6. The maximum absolute atomic E-state index is 13.7. The number of nitro benzene ring substituents is 1. The number of nitro groups is 1. The van der Waals surface area contributed by atoms with E-state index < -0.39 is 77.1 Å². The summed E-state index contributed by atoms with van der Waals surface area (Å²) in [6.07, 6.45) is -0.775. The number of ether oxygens (including phenoxy) is 2. The standard InChI is InChI=1S/C45H40N7O21P3/c1-23(69-45(58)47-14-2-3-26-20-51(42-39(26)41(46)49-22-50-42)38-13-8-29(70-38)21-68-75(64,65)73-76(66,67)72-74(61,62)63)33-15-24(4-12-35(33)52(59)60)19-48-43(55)25-5-9-30(44(56)57)34(16-25)40-31-10-6-27(53)17-36(31)71-37-18-28(54)7-11-32(37)40/h4-7,9-12,15-18,20,22-23,29,38,53H,8,13-14,19,21H2,1H3,(H,47,58)(H,48,55)(H,56,57)(H,64,65)(H,66,67)(H2,46,49,50)(H2,61,62,63)/t23?,29-,38+/m0/s1. The highest BCUT2D eigenvalue weighted by Gasteiger charge is 2.42. The van der Waals surface area contributed by atoms with Crippen LogP contribution in [0.25, 0.3) is 44.5 Å². The lowest BCUT2D eigenvalue weighted by Crippen LogP contribution is -2.26. The van der Waals surface area contributed by atoms with Gasteiger partial charge in [0, 0.05) is 53.0 Å². The molecular formula is C45H40N7O21P3. The summed E-state index contributed by atoms with van der Waals surface area (Å²) < 4.78 is 65.8. The van der Waals surface area contributed by atoms with Crippen LogP contribution >= 0.6 is 23.5 Å². The number of nitrogens with one attached hydrogen (secondary N) is 2. The van der Waals surface area contributed by atoms with Gasteiger partial charge in [0.15, 0.2) is 5.43 Å². The number of hydrogen-bond acceptors (Lipinski definition) is 19. The molecule has 4 heterocycles. The first kappa shape index (κ1) is 54.4. The number of nitrogens with zero attached hydrogens (tertiary/aromatic N) is 4. The van der Waals surface area contributed by atoms with Crippen molar-refractivity contribution in [3.63, 3.8) is 0 Å². The van der Waals surface area contributed by atoms with Crippen molar-refractivity contribution in [1.29, 1.82) is 0 Å². The summed E-state index contributed by atoms with van der Waals surface area (Å²) in [5.74, 6) is 3.59. The van der Waals surface area contributed by atoms with Gasteiger partial charge in [0.2, 0.25) is 0 Å². The second kappa shape index (κ2) is 21.8. The van der Waals surface area contributed by atoms with Crippen molar-refractivity contribution in [2.45, 2.75) is 44.7 Å². The molecule has 0 radical (unpaired) electrons. The van der Waals surface area contributed by atoms with Gasteiger partial charge in [-0.15, -0.1) is 0 Å². The van der Waals surface area contributed by atoms with Crippen LogP contribution in [0.3, 0.4) is 0 Å². The van der Waals surface area contributed by atoms with E-state index in [1.165, 1.54) is 92.2 Å². The summed E-state index contributed by atoms with van der Waals surface area (Å²) in [6.45, 7) is 0.209. The molecule has 5 atom stereocenters. The molecule has 0 spiro atoms. The number of phenols is 1. The van der Waals surface area contributed by atoms with Crippen LogP contribution in [0.15, 0.2) is 94.5 Å². The molecule has 0 bridgehead atoms. The number of phosphoric ester groups is 1. The highest BCUT2D eigenvalue weighted by Crippen LogP contribution is 2.66. The van der Waals surface area contributed by atoms with Crippen LogP contribution in [0, 0.1) is 22.0 Å². The number of anilines is 1. The molecule has 1 saturated heterocycles. The van der Waals surface area contributed by atoms with Gasteiger partial charge < -0.3 is 64.6 Å². The van der Waals surface area contributed by atoms with Gasteiger partial charge in [-0.3, -0.25) is 24.2 Å². The molecule has 10 N–H and O–H groups in total. The van der Waals surface area contributed by atoms with Crippen LogP contribution < -0.4 is 21.8 Å². The van der Waals surface area contributed by atoms with E-state index in [0.29, 0.717) is 27.5 Å². The number of aromatic hydroxyl groups is 1. The number of fused-ring (bicyclic) bond motifs is 3. The molecule has 3 unspecified atom stereocenters. The molecule has 396 valence electrons. The van der Waals surface area contributed by atoms with Gasteiger partial charge in [-0.2, -0.15) is 8.62 Å². The highest BCUT2D eigenvalue weighted by molar-refractivity contribution is 7.66. The van der Waals surface area contributed by atoms with Crippen molar-refractivity contribution in [2.24, 2.45) is 0 Å². The predicted octanol–water partition coefficient (Wildman–Crippen LogP) is 5.99. The number of carbonyl (C=O) groups excluding carboxylic acids is 2. The Morgan fingerprint density at radius 3 is 2.47 bits per heavy atom. The van der Waals surface area contributed by atoms with Gasteiger partial charge in [0.1, 0.15) is 47.2 Å². The van der Waals surface area contributed by atoms with Crippen LogP contribution in [-0.4, -0.2) is 86.5 Å². The molecule has 1 fully saturated rings. The number of phosphoric acid groups is 3. The number of nitrogens with two attached hydrogens (primary N) is 1. The van der Waals surface area contributed by atoms with Crippen molar-refractivity contribution in [3.05, 3.63) is 133 Å². The SMILES string of the molecule is CC(OC(=O)NCC#Cc1cn([C@H]2CC[C@@H](COP(=O)(O)OP(=O)(O)OP(=O)(O)O)O2)c2ncnc(N)c12)c1cc(CNC(=O)c2ccc(C(=O)O)c(-c3c4ccc(=O)cc-4oc4cc(O)ccc34)c2)ccc1[N+](=O)[O-]. The van der Waals surface area contributed by atoms with E-state index in [1.807, 2.05) is 0 Å². The van der Waals surface area contributed by atoms with Gasteiger partial charge in [0.25, 0.3) is 11.6 Å². The minimum atomic E-state index is -5.73. The third-order valence-electron chi connectivity index (χ3n) is 11.3. The Morgan fingerprint density at radius 1 is 0.961 bits per heavy atom. The molecule has 2 aliphatic heterocycles. The molecule has 8 rings (SSSR count). The van der Waals surface area contributed by atoms with E-state index in [-0.39, 0.29) is 87.7 Å². The number of benzene rings is 4. The number of rotatable bonds is 17. The van der Waals surface area contributed by atoms with E-state index in [0.717, 1.165) is 0 Å². The monoisotopic (exact) mass is 1110 g/mol. The smallest absolute Gasteiger partial charge is 0.490 e. The molecule has 3 aromatic carbocycles. The summed E-state index contributed by atoms with van der Waals surface area (Å²) >= 11 is 0. The topological polar surface area (TPSA) is 424 Å². The highest BCUT2D eigenvalue weighted by atomic mass is 31.3. The molecular weight excluding hydrogens is 1070 g/mol. The first-order valence-corrected chi connectivity index (χ1v) is 26.5. The predicted molar refractivity (Wildman–Crippen MR) is 262 cm³/mol. The molecule has 2 aromatic heterocycles. The number of nitrogen functional groups attached to an aromatic ring is 1. The van der Waals surface area contributed by atoms with Crippen LogP contribution in [0.5, 0.6) is 5.75 Å². The quantitative estimate of drug-likeness (QED) is 0.0166. The zero-order valence-corrected chi connectivity index (χ0v) is 41.5. The minimum absolute atomic E-state index is 0.0237. The van der Waals surface area contributed by atoms with Gasteiger partial charge in [-0.05, 0) is 79.4 Å². The molecule has 76 heavy (non-hydrogen) atoms. The number of carboxylic acids is 1. The summed E-state index contributed by atoms with van der Waals surface area (Å²) in [4.78, 5) is 108. The number of aromatic carboxylic acids is 1. The first-order valence-electron chi connectivity index (χ1n) is 22.0. The van der Waals surface area contributed by atoms with Gasteiger partial charge >= 0.3 is 35.5 Å². The lowest BCUT2D eigenvalue weighted by atomic mass is 9.89.